The Hall–Kier alpha value is -3.68. The minimum Gasteiger partial charge on any atom is -0.452 e. The van der Waals surface area contributed by atoms with Crippen molar-refractivity contribution in [3.05, 3.63) is 70.4 Å². The Morgan fingerprint density at radius 2 is 1.89 bits per heavy atom. The lowest BCUT2D eigenvalue weighted by Crippen LogP contribution is -2.30. The van der Waals surface area contributed by atoms with E-state index in [0.717, 1.165) is 16.5 Å². The molecule has 3 rings (SSSR count). The molecule has 1 heterocycles. The molecule has 8 nitrogen and oxygen atoms in total. The molecule has 27 heavy (non-hydrogen) atoms. The van der Waals surface area contributed by atoms with Crippen molar-refractivity contribution in [2.24, 2.45) is 0 Å². The zero-order valence-electron chi connectivity index (χ0n) is 14.5. The third-order valence-electron chi connectivity index (χ3n) is 4.05. The fourth-order valence-electron chi connectivity index (χ4n) is 2.70. The number of fused-ring (bicyclic) bond motifs is 1. The fraction of sp³-hybridized carbons (Fsp3) is 0.158. The number of benzene rings is 2. The number of nitrogens with zero attached hydrogens (tertiary/aromatic N) is 1. The molecule has 3 aromatic rings. The van der Waals surface area contributed by atoms with Crippen molar-refractivity contribution in [2.45, 2.75) is 19.4 Å². The first-order valence-electron chi connectivity index (χ1n) is 8.24. The lowest BCUT2D eigenvalue weighted by Gasteiger charge is -2.13. The summed E-state index contributed by atoms with van der Waals surface area (Å²) >= 11 is 0. The van der Waals surface area contributed by atoms with E-state index in [4.69, 9.17) is 4.74 Å². The molecular formula is C19H17N3O5. The normalized spacial score (nSPS) is 11.7. The van der Waals surface area contributed by atoms with Crippen LogP contribution in [-0.2, 0) is 20.7 Å². The highest BCUT2D eigenvalue weighted by molar-refractivity contribution is 5.97. The highest BCUT2D eigenvalue weighted by Crippen LogP contribution is 2.23. The van der Waals surface area contributed by atoms with Gasteiger partial charge in [0.15, 0.2) is 6.10 Å². The number of nitrogens with one attached hydrogen (secondary N) is 2. The first kappa shape index (κ1) is 18.1. The van der Waals surface area contributed by atoms with Crippen LogP contribution in [0.5, 0.6) is 0 Å². The summed E-state index contributed by atoms with van der Waals surface area (Å²) in [5.41, 5.74) is 1.49. The molecule has 0 spiro atoms. The lowest BCUT2D eigenvalue weighted by molar-refractivity contribution is -0.383. The summed E-state index contributed by atoms with van der Waals surface area (Å²) in [7, 11) is 0. The van der Waals surface area contributed by atoms with E-state index in [9.17, 15) is 19.7 Å². The Balaban J connectivity index is 1.63. The van der Waals surface area contributed by atoms with Gasteiger partial charge in [-0.3, -0.25) is 19.7 Å². The molecule has 0 aliphatic carbocycles. The van der Waals surface area contributed by atoms with Crippen molar-refractivity contribution < 1.29 is 19.2 Å². The maximum absolute atomic E-state index is 12.2. The van der Waals surface area contributed by atoms with Gasteiger partial charge in [-0.15, -0.1) is 0 Å². The van der Waals surface area contributed by atoms with Crippen LogP contribution in [0.1, 0.15) is 12.5 Å². The van der Waals surface area contributed by atoms with Crippen LogP contribution < -0.4 is 5.32 Å². The summed E-state index contributed by atoms with van der Waals surface area (Å²) in [5.74, 6) is -1.21. The number of anilines is 1. The Morgan fingerprint density at radius 1 is 1.19 bits per heavy atom. The van der Waals surface area contributed by atoms with E-state index in [1.807, 2.05) is 24.3 Å². The number of aromatic amines is 1. The van der Waals surface area contributed by atoms with Crippen molar-refractivity contribution >= 4 is 34.2 Å². The zero-order valence-corrected chi connectivity index (χ0v) is 14.5. The van der Waals surface area contributed by atoms with Crippen LogP contribution in [0, 0.1) is 10.1 Å². The number of nitro benzene ring substituents is 1. The van der Waals surface area contributed by atoms with Gasteiger partial charge in [-0.25, -0.2) is 0 Å². The van der Waals surface area contributed by atoms with E-state index in [0.29, 0.717) is 0 Å². The number of rotatable bonds is 6. The second-order valence-corrected chi connectivity index (χ2v) is 5.93. The second-order valence-electron chi connectivity index (χ2n) is 5.93. The number of carbonyl (C=O) groups excluding carboxylic acids is 2. The fourth-order valence-corrected chi connectivity index (χ4v) is 2.70. The SMILES string of the molecule is CC(OC(=O)Cc1c[nH]c2ccccc12)C(=O)Nc1ccccc1[N+](=O)[O-]. The van der Waals surface area contributed by atoms with Crippen LogP contribution in [0.25, 0.3) is 10.9 Å². The summed E-state index contributed by atoms with van der Waals surface area (Å²) in [6.45, 7) is 1.41. The standard InChI is InChI=1S/C19H17N3O5/c1-12(19(24)21-16-8-4-5-9-17(16)22(25)26)27-18(23)10-13-11-20-15-7-3-2-6-14(13)15/h2-9,11-12,20H,10H2,1H3,(H,21,24). The molecule has 0 saturated heterocycles. The first-order valence-corrected chi connectivity index (χ1v) is 8.24. The van der Waals surface area contributed by atoms with Gasteiger partial charge in [-0.05, 0) is 24.6 Å². The molecule has 0 saturated carbocycles. The van der Waals surface area contributed by atoms with E-state index >= 15 is 0 Å². The van der Waals surface area contributed by atoms with Crippen LogP contribution in [0.2, 0.25) is 0 Å². The number of carbonyl (C=O) groups is 2. The average molecular weight is 367 g/mol. The van der Waals surface area contributed by atoms with Crippen LogP contribution in [0.15, 0.2) is 54.7 Å². The summed E-state index contributed by atoms with van der Waals surface area (Å²) in [6, 6.07) is 13.3. The maximum atomic E-state index is 12.2. The smallest absolute Gasteiger partial charge is 0.311 e. The van der Waals surface area contributed by atoms with E-state index < -0.39 is 22.9 Å². The van der Waals surface area contributed by atoms with Gasteiger partial charge < -0.3 is 15.0 Å². The van der Waals surface area contributed by atoms with Crippen molar-refractivity contribution in [1.82, 2.24) is 4.98 Å². The van der Waals surface area contributed by atoms with Crippen LogP contribution in [0.3, 0.4) is 0 Å². The molecule has 2 N–H and O–H groups in total. The third kappa shape index (κ3) is 4.12. The van der Waals surface area contributed by atoms with Gasteiger partial charge in [-0.1, -0.05) is 30.3 Å². The molecule has 0 aliphatic rings. The van der Waals surface area contributed by atoms with Crippen LogP contribution in [0.4, 0.5) is 11.4 Å². The number of hydrogen-bond donors (Lipinski definition) is 2. The number of hydrogen-bond acceptors (Lipinski definition) is 5. The molecule has 0 radical (unpaired) electrons. The molecular weight excluding hydrogens is 350 g/mol. The second kappa shape index (κ2) is 7.69. The summed E-state index contributed by atoms with van der Waals surface area (Å²) in [6.07, 6.45) is 0.638. The molecule has 0 fully saturated rings. The van der Waals surface area contributed by atoms with Crippen molar-refractivity contribution in [3.8, 4) is 0 Å². The van der Waals surface area contributed by atoms with Crippen LogP contribution >= 0.6 is 0 Å². The Labute approximate surface area is 154 Å². The quantitative estimate of drug-likeness (QED) is 0.394. The minimum absolute atomic E-state index is 0.00706. The predicted octanol–water partition coefficient (Wildman–Crippen LogP) is 3.19. The maximum Gasteiger partial charge on any atom is 0.311 e. The van der Waals surface area contributed by atoms with Gasteiger partial charge in [0.25, 0.3) is 11.6 Å². The number of nitro groups is 1. The largest absolute Gasteiger partial charge is 0.452 e. The van der Waals surface area contributed by atoms with Gasteiger partial charge in [0.1, 0.15) is 5.69 Å². The van der Waals surface area contributed by atoms with E-state index in [-0.39, 0.29) is 17.8 Å². The number of ether oxygens (including phenoxy) is 1. The lowest BCUT2D eigenvalue weighted by atomic mass is 10.1. The number of aromatic nitrogens is 1. The van der Waals surface area contributed by atoms with Gasteiger partial charge in [0.05, 0.1) is 11.3 Å². The highest BCUT2D eigenvalue weighted by Gasteiger charge is 2.22. The molecule has 138 valence electrons. The summed E-state index contributed by atoms with van der Waals surface area (Å²) < 4.78 is 5.17. The molecule has 1 atom stereocenters. The summed E-state index contributed by atoms with van der Waals surface area (Å²) in [5, 5.41) is 14.3. The highest BCUT2D eigenvalue weighted by atomic mass is 16.6. The minimum atomic E-state index is -1.09. The predicted molar refractivity (Wildman–Crippen MR) is 99.3 cm³/mol. The molecule has 0 bridgehead atoms. The number of esters is 1. The van der Waals surface area contributed by atoms with Gasteiger partial charge >= 0.3 is 5.97 Å². The number of amides is 1. The van der Waals surface area contributed by atoms with Crippen molar-refractivity contribution in [1.29, 1.82) is 0 Å². The number of para-hydroxylation sites is 3. The van der Waals surface area contributed by atoms with Gasteiger partial charge in [0, 0.05) is 23.2 Å². The Bertz CT molecular complexity index is 1010. The van der Waals surface area contributed by atoms with E-state index in [2.05, 4.69) is 10.3 Å². The molecule has 2 aromatic carbocycles. The third-order valence-corrected chi connectivity index (χ3v) is 4.05. The molecule has 1 unspecified atom stereocenters. The molecule has 1 amide bonds. The van der Waals surface area contributed by atoms with Crippen LogP contribution in [-0.4, -0.2) is 27.9 Å². The molecule has 0 aliphatic heterocycles. The molecule has 8 heteroatoms. The number of H-pyrrole nitrogens is 1. The zero-order chi connectivity index (χ0) is 19.4. The van der Waals surface area contributed by atoms with Crippen molar-refractivity contribution in [3.63, 3.8) is 0 Å². The van der Waals surface area contributed by atoms with Gasteiger partial charge in [-0.2, -0.15) is 0 Å². The Morgan fingerprint density at radius 3 is 2.67 bits per heavy atom. The van der Waals surface area contributed by atoms with E-state index in [1.54, 1.807) is 12.3 Å². The average Bonchev–Trinajstić information content (AvgIpc) is 3.05. The summed E-state index contributed by atoms with van der Waals surface area (Å²) in [4.78, 5) is 37.9. The first-order chi connectivity index (χ1) is 13.0. The Kier molecular flexibility index (Phi) is 5.16. The van der Waals surface area contributed by atoms with Crippen molar-refractivity contribution in [2.75, 3.05) is 5.32 Å². The monoisotopic (exact) mass is 367 g/mol. The van der Waals surface area contributed by atoms with E-state index in [1.165, 1.54) is 25.1 Å². The molecule has 1 aromatic heterocycles. The topological polar surface area (TPSA) is 114 Å². The van der Waals surface area contributed by atoms with Gasteiger partial charge in [0.2, 0.25) is 0 Å².